The van der Waals surface area contributed by atoms with Crippen LogP contribution in [0, 0.1) is 6.92 Å². The molecule has 18 heavy (non-hydrogen) atoms. The SMILES string of the molecule is CNc1cc(C)nc(Cn2ccnc2C(C)C)n1. The summed E-state index contributed by atoms with van der Waals surface area (Å²) in [5.74, 6) is 3.11. The van der Waals surface area contributed by atoms with E-state index in [1.54, 1.807) is 0 Å². The first-order valence-corrected chi connectivity index (χ1v) is 6.13. The van der Waals surface area contributed by atoms with E-state index in [-0.39, 0.29) is 0 Å². The first kappa shape index (κ1) is 12.5. The van der Waals surface area contributed by atoms with Crippen molar-refractivity contribution in [3.05, 3.63) is 35.8 Å². The van der Waals surface area contributed by atoms with Gasteiger partial charge in [0.25, 0.3) is 0 Å². The third-order valence-corrected chi connectivity index (χ3v) is 2.73. The third-order valence-electron chi connectivity index (χ3n) is 2.73. The molecule has 0 unspecified atom stereocenters. The van der Waals surface area contributed by atoms with Gasteiger partial charge in [-0.1, -0.05) is 13.8 Å². The molecule has 0 saturated heterocycles. The molecule has 0 bridgehead atoms. The minimum Gasteiger partial charge on any atom is -0.373 e. The maximum absolute atomic E-state index is 4.46. The molecule has 0 atom stereocenters. The fourth-order valence-electron chi connectivity index (χ4n) is 1.94. The minimum atomic E-state index is 0.397. The summed E-state index contributed by atoms with van der Waals surface area (Å²) in [7, 11) is 1.86. The molecule has 2 aromatic heterocycles. The van der Waals surface area contributed by atoms with Gasteiger partial charge in [-0.25, -0.2) is 15.0 Å². The van der Waals surface area contributed by atoms with Crippen molar-refractivity contribution in [2.45, 2.75) is 33.2 Å². The predicted octanol–water partition coefficient (Wildman–Crippen LogP) is 2.19. The summed E-state index contributed by atoms with van der Waals surface area (Å²) in [5.41, 5.74) is 0.968. The van der Waals surface area contributed by atoms with Crippen LogP contribution in [0.25, 0.3) is 0 Å². The zero-order chi connectivity index (χ0) is 13.1. The van der Waals surface area contributed by atoms with Gasteiger partial charge in [-0.3, -0.25) is 0 Å². The summed E-state index contributed by atoms with van der Waals surface area (Å²) in [5, 5.41) is 3.05. The van der Waals surface area contributed by atoms with Gasteiger partial charge in [-0.05, 0) is 6.92 Å². The quantitative estimate of drug-likeness (QED) is 0.897. The molecule has 96 valence electrons. The predicted molar refractivity (Wildman–Crippen MR) is 71.7 cm³/mol. The molecule has 0 amide bonds. The zero-order valence-electron chi connectivity index (χ0n) is 11.3. The lowest BCUT2D eigenvalue weighted by Crippen LogP contribution is -2.10. The van der Waals surface area contributed by atoms with Crippen molar-refractivity contribution >= 4 is 5.82 Å². The van der Waals surface area contributed by atoms with Crippen LogP contribution >= 0.6 is 0 Å². The van der Waals surface area contributed by atoms with Crippen LogP contribution in [-0.4, -0.2) is 26.6 Å². The van der Waals surface area contributed by atoms with Crippen molar-refractivity contribution in [1.82, 2.24) is 19.5 Å². The highest BCUT2D eigenvalue weighted by atomic mass is 15.1. The fourth-order valence-corrected chi connectivity index (χ4v) is 1.94. The van der Waals surface area contributed by atoms with Crippen LogP contribution in [0.15, 0.2) is 18.5 Å². The molecule has 2 heterocycles. The van der Waals surface area contributed by atoms with Crippen LogP contribution < -0.4 is 5.32 Å². The van der Waals surface area contributed by atoms with Crippen molar-refractivity contribution in [1.29, 1.82) is 0 Å². The molecular weight excluding hydrogens is 226 g/mol. The molecule has 0 radical (unpaired) electrons. The molecule has 2 aromatic rings. The Labute approximate surface area is 107 Å². The fraction of sp³-hybridized carbons (Fsp3) is 0.462. The highest BCUT2D eigenvalue weighted by molar-refractivity contribution is 5.34. The molecule has 0 aromatic carbocycles. The Morgan fingerprint density at radius 1 is 1.33 bits per heavy atom. The molecule has 2 rings (SSSR count). The number of aromatic nitrogens is 4. The zero-order valence-corrected chi connectivity index (χ0v) is 11.3. The highest BCUT2D eigenvalue weighted by Crippen LogP contribution is 2.13. The molecular formula is C13H19N5. The number of aryl methyl sites for hydroxylation is 1. The molecule has 5 nitrogen and oxygen atoms in total. The van der Waals surface area contributed by atoms with E-state index in [2.05, 4.69) is 38.7 Å². The monoisotopic (exact) mass is 245 g/mol. The van der Waals surface area contributed by atoms with Crippen LogP contribution in [0.2, 0.25) is 0 Å². The first-order valence-electron chi connectivity index (χ1n) is 6.13. The second kappa shape index (κ2) is 5.16. The summed E-state index contributed by atoms with van der Waals surface area (Å²) in [6.45, 7) is 6.90. The van der Waals surface area contributed by atoms with Gasteiger partial charge < -0.3 is 9.88 Å². The highest BCUT2D eigenvalue weighted by Gasteiger charge is 2.09. The molecule has 0 aliphatic rings. The van der Waals surface area contributed by atoms with Gasteiger partial charge in [0.2, 0.25) is 0 Å². The number of hydrogen-bond acceptors (Lipinski definition) is 4. The van der Waals surface area contributed by atoms with Crippen LogP contribution in [0.1, 0.15) is 37.1 Å². The summed E-state index contributed by atoms with van der Waals surface area (Å²) in [6, 6.07) is 1.93. The lowest BCUT2D eigenvalue weighted by Gasteiger charge is -2.10. The smallest absolute Gasteiger partial charge is 0.150 e. The Morgan fingerprint density at radius 2 is 2.11 bits per heavy atom. The van der Waals surface area contributed by atoms with Crippen molar-refractivity contribution in [2.75, 3.05) is 12.4 Å². The lowest BCUT2D eigenvalue weighted by atomic mass is 10.2. The van der Waals surface area contributed by atoms with E-state index in [1.165, 1.54) is 0 Å². The second-order valence-corrected chi connectivity index (χ2v) is 4.63. The lowest BCUT2D eigenvalue weighted by molar-refractivity contribution is 0.648. The Morgan fingerprint density at radius 3 is 2.78 bits per heavy atom. The van der Waals surface area contributed by atoms with Crippen LogP contribution in [0.5, 0.6) is 0 Å². The third kappa shape index (κ3) is 2.67. The van der Waals surface area contributed by atoms with Gasteiger partial charge in [0.15, 0.2) is 5.82 Å². The molecule has 0 fully saturated rings. The summed E-state index contributed by atoms with van der Waals surface area (Å²) in [4.78, 5) is 13.3. The van der Waals surface area contributed by atoms with Crippen molar-refractivity contribution in [3.8, 4) is 0 Å². The van der Waals surface area contributed by atoms with Crippen molar-refractivity contribution in [2.24, 2.45) is 0 Å². The van der Waals surface area contributed by atoms with E-state index in [4.69, 9.17) is 0 Å². The average molecular weight is 245 g/mol. The van der Waals surface area contributed by atoms with E-state index in [9.17, 15) is 0 Å². The van der Waals surface area contributed by atoms with Gasteiger partial charge in [0, 0.05) is 37.1 Å². The number of imidazole rings is 1. The number of hydrogen-bond donors (Lipinski definition) is 1. The Hall–Kier alpha value is -1.91. The maximum Gasteiger partial charge on any atom is 0.150 e. The topological polar surface area (TPSA) is 55.6 Å². The molecule has 0 aliphatic carbocycles. The van der Waals surface area contributed by atoms with Crippen LogP contribution in [-0.2, 0) is 6.54 Å². The molecule has 1 N–H and O–H groups in total. The largest absolute Gasteiger partial charge is 0.373 e. The van der Waals surface area contributed by atoms with E-state index in [0.717, 1.165) is 23.2 Å². The number of nitrogens with one attached hydrogen (secondary N) is 1. The summed E-state index contributed by atoms with van der Waals surface area (Å²) in [6.07, 6.45) is 3.80. The van der Waals surface area contributed by atoms with Gasteiger partial charge in [-0.2, -0.15) is 0 Å². The normalized spacial score (nSPS) is 10.9. The summed E-state index contributed by atoms with van der Waals surface area (Å²) < 4.78 is 2.10. The Kier molecular flexibility index (Phi) is 3.60. The van der Waals surface area contributed by atoms with E-state index in [1.807, 2.05) is 32.4 Å². The van der Waals surface area contributed by atoms with Gasteiger partial charge in [0.05, 0.1) is 6.54 Å². The van der Waals surface area contributed by atoms with Crippen LogP contribution in [0.3, 0.4) is 0 Å². The number of anilines is 1. The number of rotatable bonds is 4. The molecule has 5 heteroatoms. The second-order valence-electron chi connectivity index (χ2n) is 4.63. The Bertz CT molecular complexity index is 530. The first-order chi connectivity index (χ1) is 8.60. The minimum absolute atomic E-state index is 0.397. The van der Waals surface area contributed by atoms with Gasteiger partial charge in [-0.15, -0.1) is 0 Å². The van der Waals surface area contributed by atoms with Crippen LogP contribution in [0.4, 0.5) is 5.82 Å². The van der Waals surface area contributed by atoms with Crippen molar-refractivity contribution in [3.63, 3.8) is 0 Å². The average Bonchev–Trinajstić information content (AvgIpc) is 2.76. The standard InChI is InChI=1S/C13H19N5/c1-9(2)13-15-5-6-18(13)8-12-16-10(3)7-11(14-4)17-12/h5-7,9H,8H2,1-4H3,(H,14,16,17). The van der Waals surface area contributed by atoms with E-state index in [0.29, 0.717) is 12.5 Å². The van der Waals surface area contributed by atoms with E-state index >= 15 is 0 Å². The molecule has 0 spiro atoms. The van der Waals surface area contributed by atoms with Crippen molar-refractivity contribution < 1.29 is 0 Å². The van der Waals surface area contributed by atoms with Gasteiger partial charge in [0.1, 0.15) is 11.6 Å². The number of nitrogens with zero attached hydrogens (tertiary/aromatic N) is 4. The molecule has 0 saturated carbocycles. The molecule has 0 aliphatic heterocycles. The maximum atomic E-state index is 4.46. The van der Waals surface area contributed by atoms with E-state index < -0.39 is 0 Å². The summed E-state index contributed by atoms with van der Waals surface area (Å²) >= 11 is 0. The van der Waals surface area contributed by atoms with Gasteiger partial charge >= 0.3 is 0 Å². The Balaban J connectivity index is 2.28.